The maximum Gasteiger partial charge on any atom is 0.0416 e. The number of hydrogen-bond acceptors (Lipinski definition) is 2. The molecule has 82 valence electrons. The Bertz CT molecular complexity index is 300. The fourth-order valence-corrected chi connectivity index (χ4v) is 1.28. The Morgan fingerprint density at radius 3 is 2.80 bits per heavy atom. The van der Waals surface area contributed by atoms with Gasteiger partial charge in [-0.05, 0) is 33.0 Å². The number of allylic oxidation sites excluding steroid dienone is 1. The summed E-state index contributed by atoms with van der Waals surface area (Å²) < 4.78 is 0. The quantitative estimate of drug-likeness (QED) is 0.685. The highest BCUT2D eigenvalue weighted by Gasteiger charge is 1.97. The van der Waals surface area contributed by atoms with Crippen LogP contribution in [0.5, 0.6) is 0 Å². The van der Waals surface area contributed by atoms with Crippen molar-refractivity contribution < 1.29 is 0 Å². The molecular formula is C13H20N2. The summed E-state index contributed by atoms with van der Waals surface area (Å²) in [6, 6.07) is 6.07. The molecule has 0 fully saturated rings. The Labute approximate surface area is 92.6 Å². The van der Waals surface area contributed by atoms with Crippen LogP contribution < -0.4 is 0 Å². The summed E-state index contributed by atoms with van der Waals surface area (Å²) in [6.07, 6.45) is 5.12. The van der Waals surface area contributed by atoms with E-state index in [4.69, 9.17) is 0 Å². The summed E-state index contributed by atoms with van der Waals surface area (Å²) in [4.78, 5) is 6.61. The van der Waals surface area contributed by atoms with Crippen molar-refractivity contribution in [3.8, 4) is 0 Å². The van der Waals surface area contributed by atoms with Crippen LogP contribution >= 0.6 is 0 Å². The van der Waals surface area contributed by atoms with Gasteiger partial charge in [0.2, 0.25) is 0 Å². The van der Waals surface area contributed by atoms with Crippen LogP contribution in [-0.4, -0.2) is 30.0 Å². The average Bonchev–Trinajstić information content (AvgIpc) is 2.25. The summed E-state index contributed by atoms with van der Waals surface area (Å²) in [5.41, 5.74) is 2.54. The summed E-state index contributed by atoms with van der Waals surface area (Å²) >= 11 is 0. The van der Waals surface area contributed by atoms with Crippen molar-refractivity contribution in [2.45, 2.75) is 20.3 Å². The van der Waals surface area contributed by atoms with Gasteiger partial charge in [-0.2, -0.15) is 0 Å². The third kappa shape index (κ3) is 5.33. The van der Waals surface area contributed by atoms with Gasteiger partial charge in [-0.15, -0.1) is 0 Å². The first-order valence-corrected chi connectivity index (χ1v) is 5.40. The SMILES string of the molecule is CC(C)=CCN(C)CCc1ccccn1. The second kappa shape index (κ2) is 6.36. The van der Waals surface area contributed by atoms with Crippen molar-refractivity contribution in [2.24, 2.45) is 0 Å². The maximum atomic E-state index is 4.30. The minimum atomic E-state index is 1.02. The van der Waals surface area contributed by atoms with Crippen LogP contribution in [0.3, 0.4) is 0 Å². The standard InChI is InChI=1S/C13H20N2/c1-12(2)7-10-15(3)11-8-13-6-4-5-9-14-13/h4-7,9H,8,10-11H2,1-3H3. The van der Waals surface area contributed by atoms with Gasteiger partial charge in [-0.25, -0.2) is 0 Å². The van der Waals surface area contributed by atoms with E-state index in [9.17, 15) is 0 Å². The molecule has 0 aliphatic heterocycles. The Morgan fingerprint density at radius 1 is 1.40 bits per heavy atom. The van der Waals surface area contributed by atoms with Gasteiger partial charge in [0.25, 0.3) is 0 Å². The lowest BCUT2D eigenvalue weighted by Crippen LogP contribution is -2.21. The van der Waals surface area contributed by atoms with Crippen molar-refractivity contribution in [1.82, 2.24) is 9.88 Å². The molecule has 0 spiro atoms. The van der Waals surface area contributed by atoms with Gasteiger partial charge in [0.15, 0.2) is 0 Å². The van der Waals surface area contributed by atoms with Gasteiger partial charge in [-0.3, -0.25) is 4.98 Å². The monoisotopic (exact) mass is 204 g/mol. The van der Waals surface area contributed by atoms with E-state index in [1.807, 2.05) is 18.3 Å². The van der Waals surface area contributed by atoms with Crippen molar-refractivity contribution in [1.29, 1.82) is 0 Å². The summed E-state index contributed by atoms with van der Waals surface area (Å²) in [5.74, 6) is 0. The van der Waals surface area contributed by atoms with Crippen LogP contribution in [-0.2, 0) is 6.42 Å². The molecule has 2 nitrogen and oxygen atoms in total. The van der Waals surface area contributed by atoms with E-state index in [1.165, 1.54) is 11.3 Å². The van der Waals surface area contributed by atoms with Crippen LogP contribution in [0.25, 0.3) is 0 Å². The lowest BCUT2D eigenvalue weighted by Gasteiger charge is -2.13. The molecule has 0 N–H and O–H groups in total. The molecule has 0 bridgehead atoms. The van der Waals surface area contributed by atoms with E-state index in [2.05, 4.69) is 42.9 Å². The molecule has 0 saturated heterocycles. The summed E-state index contributed by atoms with van der Waals surface area (Å²) in [6.45, 7) is 6.34. The Balaban J connectivity index is 2.28. The van der Waals surface area contributed by atoms with E-state index >= 15 is 0 Å². The minimum Gasteiger partial charge on any atom is -0.302 e. The van der Waals surface area contributed by atoms with Crippen LogP contribution in [0.4, 0.5) is 0 Å². The minimum absolute atomic E-state index is 1.02. The number of pyridine rings is 1. The lowest BCUT2D eigenvalue weighted by atomic mass is 10.2. The Kier molecular flexibility index (Phi) is 5.05. The highest BCUT2D eigenvalue weighted by atomic mass is 15.1. The van der Waals surface area contributed by atoms with E-state index in [-0.39, 0.29) is 0 Å². The molecule has 0 aromatic carbocycles. The molecule has 1 rings (SSSR count). The molecule has 1 aromatic heterocycles. The zero-order chi connectivity index (χ0) is 11.1. The fraction of sp³-hybridized carbons (Fsp3) is 0.462. The third-order valence-electron chi connectivity index (χ3n) is 2.29. The van der Waals surface area contributed by atoms with Crippen molar-refractivity contribution in [3.63, 3.8) is 0 Å². The first kappa shape index (κ1) is 11.9. The van der Waals surface area contributed by atoms with E-state index < -0.39 is 0 Å². The third-order valence-corrected chi connectivity index (χ3v) is 2.29. The average molecular weight is 204 g/mol. The predicted molar refractivity (Wildman–Crippen MR) is 64.9 cm³/mol. The van der Waals surface area contributed by atoms with E-state index in [1.54, 1.807) is 0 Å². The molecule has 2 heteroatoms. The molecule has 0 unspecified atom stereocenters. The highest BCUT2D eigenvalue weighted by Crippen LogP contribution is 1.97. The van der Waals surface area contributed by atoms with Crippen LogP contribution in [0.15, 0.2) is 36.0 Å². The molecule has 0 amide bonds. The molecule has 1 aromatic rings. The number of rotatable bonds is 5. The molecule has 0 aliphatic rings. The van der Waals surface area contributed by atoms with Gasteiger partial charge in [0.05, 0.1) is 0 Å². The maximum absolute atomic E-state index is 4.30. The Morgan fingerprint density at radius 2 is 2.20 bits per heavy atom. The van der Waals surface area contributed by atoms with Gasteiger partial charge in [0, 0.05) is 31.4 Å². The van der Waals surface area contributed by atoms with Gasteiger partial charge < -0.3 is 4.90 Å². The number of hydrogen-bond donors (Lipinski definition) is 0. The largest absolute Gasteiger partial charge is 0.302 e. The van der Waals surface area contributed by atoms with Gasteiger partial charge in [-0.1, -0.05) is 17.7 Å². The number of likely N-dealkylation sites (N-methyl/N-ethyl adjacent to an activating group) is 1. The van der Waals surface area contributed by atoms with Crippen molar-refractivity contribution in [3.05, 3.63) is 41.7 Å². The molecule has 1 heterocycles. The zero-order valence-electron chi connectivity index (χ0n) is 9.90. The van der Waals surface area contributed by atoms with E-state index in [0.717, 1.165) is 19.5 Å². The predicted octanol–water partition coefficient (Wildman–Crippen LogP) is 2.52. The number of nitrogens with zero attached hydrogens (tertiary/aromatic N) is 2. The van der Waals surface area contributed by atoms with Crippen LogP contribution in [0, 0.1) is 0 Å². The van der Waals surface area contributed by atoms with Gasteiger partial charge >= 0.3 is 0 Å². The normalized spacial score (nSPS) is 10.4. The fourth-order valence-electron chi connectivity index (χ4n) is 1.28. The Hall–Kier alpha value is -1.15. The van der Waals surface area contributed by atoms with Crippen molar-refractivity contribution in [2.75, 3.05) is 20.1 Å². The highest BCUT2D eigenvalue weighted by molar-refractivity contribution is 5.04. The molecule has 0 atom stereocenters. The molecule has 15 heavy (non-hydrogen) atoms. The molecule has 0 saturated carbocycles. The molecular weight excluding hydrogens is 184 g/mol. The topological polar surface area (TPSA) is 16.1 Å². The lowest BCUT2D eigenvalue weighted by molar-refractivity contribution is 0.373. The first-order chi connectivity index (χ1) is 7.18. The van der Waals surface area contributed by atoms with Crippen LogP contribution in [0.2, 0.25) is 0 Å². The second-order valence-corrected chi connectivity index (χ2v) is 4.11. The summed E-state index contributed by atoms with van der Waals surface area (Å²) in [7, 11) is 2.14. The van der Waals surface area contributed by atoms with Gasteiger partial charge in [0.1, 0.15) is 0 Å². The second-order valence-electron chi connectivity index (χ2n) is 4.11. The van der Waals surface area contributed by atoms with E-state index in [0.29, 0.717) is 0 Å². The molecule has 0 radical (unpaired) electrons. The van der Waals surface area contributed by atoms with Crippen molar-refractivity contribution >= 4 is 0 Å². The first-order valence-electron chi connectivity index (χ1n) is 5.40. The number of aromatic nitrogens is 1. The zero-order valence-corrected chi connectivity index (χ0v) is 9.90. The summed E-state index contributed by atoms with van der Waals surface area (Å²) in [5, 5.41) is 0. The van der Waals surface area contributed by atoms with Crippen LogP contribution in [0.1, 0.15) is 19.5 Å². The smallest absolute Gasteiger partial charge is 0.0416 e. The molecule has 0 aliphatic carbocycles.